The molecule has 1 aliphatic heterocycles. The van der Waals surface area contributed by atoms with Crippen LogP contribution in [-0.2, 0) is 11.2 Å². The van der Waals surface area contributed by atoms with Crippen molar-refractivity contribution in [1.82, 2.24) is 0 Å². The van der Waals surface area contributed by atoms with Crippen LogP contribution in [0.15, 0.2) is 42.5 Å². The molecule has 0 unspecified atom stereocenters. The minimum atomic E-state index is 0.0531. The standard InChI is InChI=1S/C18H16N2O/c1-12(2)14-5-7-16(8-6-14)20-17-9-13(11-19)3-4-15(17)10-18(20)21/h3-9,12H,10H2,1-2H3. The van der Waals surface area contributed by atoms with Crippen LogP contribution in [0.25, 0.3) is 0 Å². The van der Waals surface area contributed by atoms with Gasteiger partial charge >= 0.3 is 0 Å². The zero-order chi connectivity index (χ0) is 15.0. The molecule has 3 heteroatoms. The van der Waals surface area contributed by atoms with E-state index in [1.54, 1.807) is 17.0 Å². The van der Waals surface area contributed by atoms with E-state index in [2.05, 4.69) is 32.0 Å². The van der Waals surface area contributed by atoms with Crippen molar-refractivity contribution >= 4 is 17.3 Å². The zero-order valence-electron chi connectivity index (χ0n) is 12.1. The minimum Gasteiger partial charge on any atom is -0.280 e. The highest BCUT2D eigenvalue weighted by atomic mass is 16.2. The second-order valence-electron chi connectivity index (χ2n) is 5.61. The minimum absolute atomic E-state index is 0.0531. The number of carbonyl (C=O) groups is 1. The quantitative estimate of drug-likeness (QED) is 0.835. The summed E-state index contributed by atoms with van der Waals surface area (Å²) in [6.07, 6.45) is 0.396. The Bertz CT molecular complexity index is 739. The van der Waals surface area contributed by atoms with Gasteiger partial charge in [-0.05, 0) is 41.3 Å². The summed E-state index contributed by atoms with van der Waals surface area (Å²) < 4.78 is 0. The molecule has 0 atom stereocenters. The van der Waals surface area contributed by atoms with Crippen molar-refractivity contribution in [2.24, 2.45) is 0 Å². The van der Waals surface area contributed by atoms with E-state index < -0.39 is 0 Å². The lowest BCUT2D eigenvalue weighted by Gasteiger charge is -2.18. The number of nitrogens with zero attached hydrogens (tertiary/aromatic N) is 2. The second kappa shape index (κ2) is 5.06. The largest absolute Gasteiger partial charge is 0.280 e. The average Bonchev–Trinajstić information content (AvgIpc) is 2.82. The van der Waals surface area contributed by atoms with Crippen LogP contribution in [0.5, 0.6) is 0 Å². The lowest BCUT2D eigenvalue weighted by atomic mass is 10.0. The van der Waals surface area contributed by atoms with Crippen LogP contribution in [0.4, 0.5) is 11.4 Å². The molecule has 0 bridgehead atoms. The molecule has 0 radical (unpaired) electrons. The lowest BCUT2D eigenvalue weighted by molar-refractivity contribution is -0.116. The summed E-state index contributed by atoms with van der Waals surface area (Å²) in [5.74, 6) is 0.517. The highest BCUT2D eigenvalue weighted by molar-refractivity contribution is 6.07. The number of anilines is 2. The van der Waals surface area contributed by atoms with Crippen LogP contribution in [0, 0.1) is 11.3 Å². The Kier molecular flexibility index (Phi) is 3.23. The number of amides is 1. The Morgan fingerprint density at radius 1 is 1.14 bits per heavy atom. The average molecular weight is 276 g/mol. The molecule has 3 rings (SSSR count). The van der Waals surface area contributed by atoms with E-state index in [9.17, 15) is 4.79 Å². The van der Waals surface area contributed by atoms with Gasteiger partial charge in [0.05, 0.1) is 23.7 Å². The first-order valence-corrected chi connectivity index (χ1v) is 7.06. The number of carbonyl (C=O) groups excluding carboxylic acids is 1. The summed E-state index contributed by atoms with van der Waals surface area (Å²) in [6, 6.07) is 15.6. The third kappa shape index (κ3) is 2.30. The van der Waals surface area contributed by atoms with Crippen LogP contribution >= 0.6 is 0 Å². The van der Waals surface area contributed by atoms with E-state index in [0.717, 1.165) is 16.9 Å². The summed E-state index contributed by atoms with van der Waals surface area (Å²) >= 11 is 0. The normalized spacial score (nSPS) is 13.4. The third-order valence-corrected chi connectivity index (χ3v) is 3.86. The maximum Gasteiger partial charge on any atom is 0.236 e. The Hall–Kier alpha value is -2.60. The van der Waals surface area contributed by atoms with Gasteiger partial charge in [0.15, 0.2) is 0 Å². The van der Waals surface area contributed by atoms with E-state index in [-0.39, 0.29) is 5.91 Å². The Balaban J connectivity index is 2.04. The third-order valence-electron chi connectivity index (χ3n) is 3.86. The molecule has 0 fully saturated rings. The zero-order valence-corrected chi connectivity index (χ0v) is 12.1. The van der Waals surface area contributed by atoms with E-state index in [1.165, 1.54) is 5.56 Å². The smallest absolute Gasteiger partial charge is 0.236 e. The first-order valence-electron chi connectivity index (χ1n) is 7.06. The van der Waals surface area contributed by atoms with E-state index in [1.807, 2.05) is 18.2 Å². The molecule has 104 valence electrons. The molecule has 1 aliphatic rings. The van der Waals surface area contributed by atoms with Gasteiger partial charge in [0.25, 0.3) is 0 Å². The van der Waals surface area contributed by atoms with Crippen molar-refractivity contribution in [3.05, 3.63) is 59.2 Å². The predicted octanol–water partition coefficient (Wildman–Crippen LogP) is 3.90. The molecular formula is C18H16N2O. The molecule has 0 N–H and O–H groups in total. The monoisotopic (exact) mass is 276 g/mol. The number of hydrogen-bond acceptors (Lipinski definition) is 2. The van der Waals surface area contributed by atoms with Crippen LogP contribution in [0.2, 0.25) is 0 Å². The van der Waals surface area contributed by atoms with Crippen molar-refractivity contribution in [3.8, 4) is 6.07 Å². The number of rotatable bonds is 2. The van der Waals surface area contributed by atoms with Gasteiger partial charge in [-0.25, -0.2) is 0 Å². The highest BCUT2D eigenvalue weighted by Crippen LogP contribution is 2.36. The van der Waals surface area contributed by atoms with E-state index in [4.69, 9.17) is 5.26 Å². The Morgan fingerprint density at radius 2 is 1.86 bits per heavy atom. The van der Waals surface area contributed by atoms with Gasteiger partial charge in [0.1, 0.15) is 0 Å². The summed E-state index contributed by atoms with van der Waals surface area (Å²) in [7, 11) is 0. The van der Waals surface area contributed by atoms with Crippen molar-refractivity contribution in [2.75, 3.05) is 4.90 Å². The highest BCUT2D eigenvalue weighted by Gasteiger charge is 2.28. The molecule has 1 amide bonds. The second-order valence-corrected chi connectivity index (χ2v) is 5.61. The number of nitriles is 1. The van der Waals surface area contributed by atoms with Gasteiger partial charge in [-0.15, -0.1) is 0 Å². The summed E-state index contributed by atoms with van der Waals surface area (Å²) in [6.45, 7) is 4.29. The van der Waals surface area contributed by atoms with Gasteiger partial charge in [-0.2, -0.15) is 5.26 Å². The Labute approximate surface area is 124 Å². The maximum absolute atomic E-state index is 12.3. The van der Waals surface area contributed by atoms with Gasteiger partial charge in [-0.3, -0.25) is 9.69 Å². The number of fused-ring (bicyclic) bond motifs is 1. The molecular weight excluding hydrogens is 260 g/mol. The molecule has 1 heterocycles. The van der Waals surface area contributed by atoms with Crippen molar-refractivity contribution in [2.45, 2.75) is 26.2 Å². The molecule has 0 saturated carbocycles. The van der Waals surface area contributed by atoms with Crippen molar-refractivity contribution < 1.29 is 4.79 Å². The van der Waals surface area contributed by atoms with Gasteiger partial charge in [-0.1, -0.05) is 32.0 Å². The molecule has 0 saturated heterocycles. The fraction of sp³-hybridized carbons (Fsp3) is 0.222. The first-order chi connectivity index (χ1) is 10.1. The topological polar surface area (TPSA) is 44.1 Å². The van der Waals surface area contributed by atoms with E-state index >= 15 is 0 Å². The van der Waals surface area contributed by atoms with Crippen LogP contribution in [-0.4, -0.2) is 5.91 Å². The molecule has 2 aromatic rings. The summed E-state index contributed by atoms with van der Waals surface area (Å²) in [5.41, 5.74) is 4.49. The first kappa shape index (κ1) is 13.4. The Morgan fingerprint density at radius 3 is 2.48 bits per heavy atom. The lowest BCUT2D eigenvalue weighted by Crippen LogP contribution is -2.20. The van der Waals surface area contributed by atoms with Crippen LogP contribution in [0.1, 0.15) is 36.5 Å². The fourth-order valence-electron chi connectivity index (χ4n) is 2.66. The fourth-order valence-corrected chi connectivity index (χ4v) is 2.66. The molecule has 3 nitrogen and oxygen atoms in total. The SMILES string of the molecule is CC(C)c1ccc(N2C(=O)Cc3ccc(C#N)cc32)cc1. The summed E-state index contributed by atoms with van der Waals surface area (Å²) in [5, 5.41) is 9.04. The molecule has 0 aromatic heterocycles. The van der Waals surface area contributed by atoms with Gasteiger partial charge < -0.3 is 0 Å². The van der Waals surface area contributed by atoms with Crippen molar-refractivity contribution in [1.29, 1.82) is 5.26 Å². The maximum atomic E-state index is 12.3. The molecule has 0 aliphatic carbocycles. The van der Waals surface area contributed by atoms with Crippen molar-refractivity contribution in [3.63, 3.8) is 0 Å². The van der Waals surface area contributed by atoms with Gasteiger partial charge in [0, 0.05) is 5.69 Å². The number of benzene rings is 2. The molecule has 21 heavy (non-hydrogen) atoms. The summed E-state index contributed by atoms with van der Waals surface area (Å²) in [4.78, 5) is 14.0. The number of hydrogen-bond donors (Lipinski definition) is 0. The van der Waals surface area contributed by atoms with Crippen LogP contribution in [0.3, 0.4) is 0 Å². The van der Waals surface area contributed by atoms with Crippen LogP contribution < -0.4 is 4.90 Å². The molecule has 2 aromatic carbocycles. The van der Waals surface area contributed by atoms with Gasteiger partial charge in [0.2, 0.25) is 5.91 Å². The van der Waals surface area contributed by atoms with E-state index in [0.29, 0.717) is 17.9 Å². The predicted molar refractivity (Wildman–Crippen MR) is 82.5 cm³/mol. The molecule has 0 spiro atoms.